The van der Waals surface area contributed by atoms with Crippen LogP contribution in [0.15, 0.2) is 12.2 Å². The largest absolute Gasteiger partial charge is 0.462 e. The Hall–Kier alpha value is -1.92. The van der Waals surface area contributed by atoms with Gasteiger partial charge in [-0.2, -0.15) is 0 Å². The molecular weight excluding hydrogens is 905 g/mol. The molecule has 19 heteroatoms. The Kier molecular flexibility index (Phi) is 15.0. The number of rotatable bonds is 11. The SMILES string of the molecule is C=C(C)[C@@H]1CC[C@]2(C(=O)O[C@H]3O[C@H](CO[C@H]4O[C@H](CO)[C@@H](O)[C@H](O)[C@@H]4O)[C@@H](O)[C@H](O[C@H]4O[C@H](CO)[C@@H](O)[C@H](O)[C@@H]4O)[C@@H]3O)CC[C@]3(C)[C@H](CC[C@@H]4[C@@]5(C)CC[C@H](OC(C)=O)C(C)(C)[C@@H]5CC[C@]43C)[C@@H]12. The molecule has 0 aromatic heterocycles. The van der Waals surface area contributed by atoms with E-state index in [1.807, 2.05) is 6.92 Å². The molecule has 19 nitrogen and oxygen atoms in total. The minimum Gasteiger partial charge on any atom is -0.462 e. The molecule has 0 radical (unpaired) electrons. The van der Waals surface area contributed by atoms with Gasteiger partial charge in [0, 0.05) is 12.3 Å². The molecule has 8 aliphatic rings. The van der Waals surface area contributed by atoms with E-state index in [1.54, 1.807) is 0 Å². The lowest BCUT2D eigenvalue weighted by atomic mass is 9.32. The molecule has 5 aliphatic carbocycles. The van der Waals surface area contributed by atoms with Gasteiger partial charge in [-0.1, -0.05) is 46.8 Å². The third-order valence-electron chi connectivity index (χ3n) is 20.0. The van der Waals surface area contributed by atoms with Crippen molar-refractivity contribution in [2.45, 2.75) is 211 Å². The number of carbonyl (C=O) groups excluding carboxylic acids is 2. The number of hydrogen-bond acceptors (Lipinski definition) is 19. The zero-order chi connectivity index (χ0) is 50.5. The Morgan fingerprint density at radius 3 is 1.81 bits per heavy atom. The van der Waals surface area contributed by atoms with Crippen molar-refractivity contribution < 1.29 is 93.8 Å². The highest BCUT2D eigenvalue weighted by molar-refractivity contribution is 5.78. The summed E-state index contributed by atoms with van der Waals surface area (Å²) in [7, 11) is 0. The van der Waals surface area contributed by atoms with Crippen LogP contribution in [0.2, 0.25) is 0 Å². The highest BCUT2D eigenvalue weighted by Gasteiger charge is 2.73. The monoisotopic (exact) mass is 985 g/mol. The summed E-state index contributed by atoms with van der Waals surface area (Å²) in [6, 6.07) is 0. The molecule has 3 saturated heterocycles. The van der Waals surface area contributed by atoms with E-state index in [2.05, 4.69) is 41.2 Å². The fourth-order valence-corrected chi connectivity index (χ4v) is 16.1. The Balaban J connectivity index is 1.07. The zero-order valence-electron chi connectivity index (χ0n) is 41.2. The Morgan fingerprint density at radius 1 is 0.594 bits per heavy atom. The third-order valence-corrected chi connectivity index (χ3v) is 20.0. The second-order valence-corrected chi connectivity index (χ2v) is 23.6. The van der Waals surface area contributed by atoms with Crippen LogP contribution in [0.4, 0.5) is 0 Å². The number of ether oxygens (including phenoxy) is 7. The highest BCUT2D eigenvalue weighted by Crippen LogP contribution is 2.77. The minimum absolute atomic E-state index is 0.00618. The number of esters is 2. The molecule has 0 aromatic carbocycles. The molecule has 8 rings (SSSR count). The molecule has 8 fully saturated rings. The van der Waals surface area contributed by atoms with Gasteiger partial charge in [-0.05, 0) is 117 Å². The molecule has 0 aromatic rings. The van der Waals surface area contributed by atoms with E-state index in [-0.39, 0.29) is 51.5 Å². The van der Waals surface area contributed by atoms with Crippen LogP contribution in [0, 0.1) is 56.7 Å². The summed E-state index contributed by atoms with van der Waals surface area (Å²) in [4.78, 5) is 27.5. The highest BCUT2D eigenvalue weighted by atomic mass is 16.8. The van der Waals surface area contributed by atoms with Gasteiger partial charge in [0.25, 0.3) is 0 Å². The average Bonchev–Trinajstić information content (AvgIpc) is 3.70. The van der Waals surface area contributed by atoms with E-state index in [1.165, 1.54) is 6.92 Å². The van der Waals surface area contributed by atoms with Gasteiger partial charge >= 0.3 is 11.9 Å². The van der Waals surface area contributed by atoms with Crippen LogP contribution in [0.1, 0.15) is 113 Å². The van der Waals surface area contributed by atoms with Crippen LogP contribution in [0.25, 0.3) is 0 Å². The lowest BCUT2D eigenvalue weighted by Gasteiger charge is -2.72. The van der Waals surface area contributed by atoms with E-state index in [9.17, 15) is 55.9 Å². The second kappa shape index (κ2) is 19.4. The Morgan fingerprint density at radius 2 is 1.20 bits per heavy atom. The van der Waals surface area contributed by atoms with Crippen molar-refractivity contribution in [1.29, 1.82) is 0 Å². The summed E-state index contributed by atoms with van der Waals surface area (Å²) in [5, 5.41) is 107. The maximum absolute atomic E-state index is 15.3. The molecule has 10 N–H and O–H groups in total. The molecule has 394 valence electrons. The summed E-state index contributed by atoms with van der Waals surface area (Å²) < 4.78 is 41.2. The average molecular weight is 985 g/mol. The Labute approximate surface area is 404 Å². The molecule has 5 saturated carbocycles. The molecule has 3 aliphatic heterocycles. The smallest absolute Gasteiger partial charge is 0.314 e. The van der Waals surface area contributed by atoms with E-state index in [0.29, 0.717) is 31.1 Å². The Bertz CT molecular complexity index is 1880. The van der Waals surface area contributed by atoms with Crippen LogP contribution in [0.3, 0.4) is 0 Å². The van der Waals surface area contributed by atoms with Crippen LogP contribution in [-0.2, 0) is 42.7 Å². The normalized spacial score (nSPS) is 52.6. The van der Waals surface area contributed by atoms with Crippen molar-refractivity contribution in [3.63, 3.8) is 0 Å². The third kappa shape index (κ3) is 8.56. The van der Waals surface area contributed by atoms with Gasteiger partial charge in [0.1, 0.15) is 79.4 Å². The van der Waals surface area contributed by atoms with Crippen LogP contribution in [0.5, 0.6) is 0 Å². The summed E-state index contributed by atoms with van der Waals surface area (Å²) >= 11 is 0. The molecule has 0 bridgehead atoms. The molecule has 3 heterocycles. The quantitative estimate of drug-likeness (QED) is 0.1000. The van der Waals surface area contributed by atoms with Gasteiger partial charge in [-0.25, -0.2) is 0 Å². The topological polar surface area (TPSA) is 301 Å². The number of fused-ring (bicyclic) bond motifs is 7. The van der Waals surface area contributed by atoms with Crippen molar-refractivity contribution in [3.05, 3.63) is 12.2 Å². The van der Waals surface area contributed by atoms with Crippen molar-refractivity contribution in [1.82, 2.24) is 0 Å². The predicted octanol–water partition coefficient (Wildman–Crippen LogP) is 0.567. The van der Waals surface area contributed by atoms with E-state index in [0.717, 1.165) is 50.5 Å². The van der Waals surface area contributed by atoms with Crippen molar-refractivity contribution in [2.75, 3.05) is 19.8 Å². The number of aliphatic hydroxyl groups excluding tert-OH is 10. The number of aliphatic hydroxyl groups is 10. The van der Waals surface area contributed by atoms with E-state index in [4.69, 9.17) is 33.2 Å². The van der Waals surface area contributed by atoms with Gasteiger partial charge < -0.3 is 84.2 Å². The van der Waals surface area contributed by atoms with E-state index < -0.39 is 123 Å². The van der Waals surface area contributed by atoms with Crippen molar-refractivity contribution >= 4 is 11.9 Å². The molecule has 25 atom stereocenters. The van der Waals surface area contributed by atoms with Crippen LogP contribution >= 0.6 is 0 Å². The fraction of sp³-hybridized carbons (Fsp3) is 0.920. The summed E-state index contributed by atoms with van der Waals surface area (Å²) in [5.41, 5.74) is -0.485. The van der Waals surface area contributed by atoms with Gasteiger partial charge in [0.05, 0.1) is 25.2 Å². The molecule has 0 amide bonds. The number of carbonyl (C=O) groups is 2. The summed E-state index contributed by atoms with van der Waals surface area (Å²) in [6.07, 6.45) is -18.1. The van der Waals surface area contributed by atoms with Gasteiger partial charge in [0.15, 0.2) is 12.6 Å². The number of hydrogen-bond donors (Lipinski definition) is 10. The van der Waals surface area contributed by atoms with Crippen molar-refractivity contribution in [2.24, 2.45) is 56.7 Å². The van der Waals surface area contributed by atoms with Crippen molar-refractivity contribution in [3.8, 4) is 0 Å². The lowest BCUT2D eigenvalue weighted by Crippen LogP contribution is -2.67. The van der Waals surface area contributed by atoms with Crippen LogP contribution in [-0.4, -0.2) is 181 Å². The van der Waals surface area contributed by atoms with Crippen LogP contribution < -0.4 is 0 Å². The zero-order valence-corrected chi connectivity index (χ0v) is 41.2. The number of allylic oxidation sites excluding steroid dienone is 1. The molecule has 0 spiro atoms. The van der Waals surface area contributed by atoms with E-state index >= 15 is 4.79 Å². The first kappa shape index (κ1) is 53.4. The predicted molar refractivity (Wildman–Crippen MR) is 240 cm³/mol. The standard InChI is InChI=1S/C50H80O19/c1-22(2)24-11-16-50(18-17-48(7)25(32(24)50)9-10-30-47(6)14-13-31(64-23(3)53)46(4,5)29(47)12-15-49(30,48)8)45(62)69-44-40(61)41(68-43-39(60)37(58)34(55)27(20-52)66-43)35(56)28(67-44)21-63-42-38(59)36(57)33(54)26(19-51)65-42/h24-44,51-52,54-61H,1,9-21H2,2-8H3/t24-,25+,26+,27+,28+,29-,30+,31-,32+,33+,34+,35+,36-,37-,38-,39-,40-,41-,42-,43+,44+,47-,48+,49+,50-/m0/s1. The summed E-state index contributed by atoms with van der Waals surface area (Å²) in [5.74, 6) is -0.169. The lowest BCUT2D eigenvalue weighted by molar-refractivity contribution is -0.363. The molecular formula is C50H80O19. The maximum atomic E-state index is 15.3. The fourth-order valence-electron chi connectivity index (χ4n) is 16.1. The first-order chi connectivity index (χ1) is 32.3. The second-order valence-electron chi connectivity index (χ2n) is 23.6. The van der Waals surface area contributed by atoms with Gasteiger partial charge in [0.2, 0.25) is 6.29 Å². The summed E-state index contributed by atoms with van der Waals surface area (Å²) in [6.45, 7) is 17.7. The van der Waals surface area contributed by atoms with Gasteiger partial charge in [-0.15, -0.1) is 0 Å². The first-order valence-corrected chi connectivity index (χ1v) is 25.3. The maximum Gasteiger partial charge on any atom is 0.314 e. The molecule has 69 heavy (non-hydrogen) atoms. The minimum atomic E-state index is -1.95. The first-order valence-electron chi connectivity index (χ1n) is 25.3. The van der Waals surface area contributed by atoms with Gasteiger partial charge in [-0.3, -0.25) is 9.59 Å². The molecule has 0 unspecified atom stereocenters.